The van der Waals surface area contributed by atoms with Crippen LogP contribution in [0.1, 0.15) is 81.6 Å². The lowest BCUT2D eigenvalue weighted by molar-refractivity contribution is -0.124. The number of phenols is 1. The van der Waals surface area contributed by atoms with E-state index in [1.165, 1.54) is 0 Å². The summed E-state index contributed by atoms with van der Waals surface area (Å²) in [5.74, 6) is 0.308. The van der Waals surface area contributed by atoms with Crippen LogP contribution in [0.4, 0.5) is 4.79 Å². The van der Waals surface area contributed by atoms with Crippen LogP contribution in [-0.2, 0) is 22.6 Å². The van der Waals surface area contributed by atoms with Crippen LogP contribution in [0.25, 0.3) is 5.57 Å². The zero-order chi connectivity index (χ0) is 35.7. The number of aromatic hydroxyl groups is 1. The van der Waals surface area contributed by atoms with Crippen molar-refractivity contribution in [2.24, 2.45) is 5.92 Å². The molecular weight excluding hydrogens is 735 g/mol. The average Bonchev–Trinajstić information content (AvgIpc) is 3.47. The van der Waals surface area contributed by atoms with Crippen molar-refractivity contribution >= 4 is 40.2 Å². The maximum absolute atomic E-state index is 14.0. The molecule has 0 bridgehead atoms. The number of hydrogen-bond donors (Lipinski definition) is 3. The lowest BCUT2D eigenvalue weighted by Crippen LogP contribution is -2.50. The molecular formula is C38H41IN4O6. The molecule has 2 atom stereocenters. The van der Waals surface area contributed by atoms with Crippen LogP contribution in [0.2, 0.25) is 0 Å². The van der Waals surface area contributed by atoms with Crippen molar-refractivity contribution in [2.75, 3.05) is 0 Å². The molecule has 4 rings (SSSR count). The van der Waals surface area contributed by atoms with Gasteiger partial charge in [0.1, 0.15) is 41.9 Å². The number of halogens is 1. The van der Waals surface area contributed by atoms with Gasteiger partial charge in [-0.3, -0.25) is 4.79 Å². The number of oxazole rings is 1. The molecule has 4 aromatic rings. The second-order valence-electron chi connectivity index (χ2n) is 12.7. The number of nitrogens with zero attached hydrogens (tertiary/aromatic N) is 2. The van der Waals surface area contributed by atoms with Crippen LogP contribution in [0.3, 0.4) is 0 Å². The normalized spacial score (nSPS) is 12.9. The van der Waals surface area contributed by atoms with Crippen molar-refractivity contribution in [1.82, 2.24) is 15.6 Å². The maximum atomic E-state index is 14.0. The number of aromatic nitrogens is 1. The number of phenolic OH excluding ortho intramolecular Hbond substituents is 1. The topological polar surface area (TPSA) is 147 Å². The van der Waals surface area contributed by atoms with Crippen LogP contribution in [0.5, 0.6) is 11.5 Å². The van der Waals surface area contributed by atoms with Crippen molar-refractivity contribution in [2.45, 2.75) is 72.3 Å². The number of para-hydroxylation sites is 1. The summed E-state index contributed by atoms with van der Waals surface area (Å²) in [6.07, 6.45) is 1.14. The number of allylic oxidation sites excluding steroid dienone is 1. The van der Waals surface area contributed by atoms with Gasteiger partial charge in [0, 0.05) is 17.6 Å². The molecule has 49 heavy (non-hydrogen) atoms. The van der Waals surface area contributed by atoms with Crippen LogP contribution in [0.15, 0.2) is 83.3 Å². The molecule has 10 nitrogen and oxygen atoms in total. The number of benzene rings is 3. The molecule has 256 valence electrons. The molecule has 0 saturated heterocycles. The molecule has 0 spiro atoms. The predicted octanol–water partition coefficient (Wildman–Crippen LogP) is 7.84. The number of rotatable bonds is 12. The van der Waals surface area contributed by atoms with Gasteiger partial charge in [-0.25, -0.2) is 9.78 Å². The van der Waals surface area contributed by atoms with E-state index in [9.17, 15) is 20.0 Å². The van der Waals surface area contributed by atoms with Gasteiger partial charge < -0.3 is 29.6 Å². The van der Waals surface area contributed by atoms with E-state index in [4.69, 9.17) is 13.9 Å². The predicted molar refractivity (Wildman–Crippen MR) is 195 cm³/mol. The molecule has 0 aliphatic carbocycles. The van der Waals surface area contributed by atoms with Gasteiger partial charge in [0.25, 0.3) is 0 Å². The third-order valence-corrected chi connectivity index (χ3v) is 8.23. The highest BCUT2D eigenvalue weighted by molar-refractivity contribution is 14.1. The fourth-order valence-electron chi connectivity index (χ4n) is 5.02. The van der Waals surface area contributed by atoms with E-state index in [1.54, 1.807) is 58.0 Å². The molecule has 0 unspecified atom stereocenters. The standard InChI is InChI=1S/C38H41IN4O6/c1-7-26(27-15-11-12-16-31(27)44)34-30(21-40)41-36(48-34)33(23(2)3)43-35(45)29(42-37(46)49-38(4,5)6)20-25-17-18-32(28(39)19-25)47-22-24-13-9-8-10-14-24/h7-19,23,29,33,44H,20,22H2,1-6H3,(H,42,46)(H,43,45)/b26-7+/t29-,33-/m0/s1. The van der Waals surface area contributed by atoms with Gasteiger partial charge in [-0.1, -0.05) is 74.5 Å². The number of carbonyl (C=O) groups is 2. The van der Waals surface area contributed by atoms with Crippen molar-refractivity contribution in [3.05, 3.63) is 116 Å². The molecule has 0 aliphatic rings. The van der Waals surface area contributed by atoms with E-state index in [0.29, 0.717) is 23.5 Å². The monoisotopic (exact) mass is 776 g/mol. The Balaban J connectivity index is 1.60. The molecule has 3 aromatic carbocycles. The Morgan fingerprint density at radius 3 is 2.35 bits per heavy atom. The highest BCUT2D eigenvalue weighted by atomic mass is 127. The van der Waals surface area contributed by atoms with Crippen LogP contribution in [-0.4, -0.2) is 33.7 Å². The van der Waals surface area contributed by atoms with Gasteiger partial charge in [-0.05, 0) is 85.5 Å². The van der Waals surface area contributed by atoms with E-state index >= 15 is 0 Å². The molecule has 0 aliphatic heterocycles. The van der Waals surface area contributed by atoms with Crippen molar-refractivity contribution < 1.29 is 28.6 Å². The van der Waals surface area contributed by atoms with E-state index in [0.717, 1.165) is 14.7 Å². The first-order valence-corrected chi connectivity index (χ1v) is 17.0. The second-order valence-corrected chi connectivity index (χ2v) is 13.9. The summed E-state index contributed by atoms with van der Waals surface area (Å²) >= 11 is 2.19. The number of nitriles is 1. The van der Waals surface area contributed by atoms with E-state index in [1.807, 2.05) is 62.4 Å². The summed E-state index contributed by atoms with van der Waals surface area (Å²) < 4.78 is 18.5. The third kappa shape index (κ3) is 10.1. The van der Waals surface area contributed by atoms with E-state index < -0.39 is 29.7 Å². The van der Waals surface area contributed by atoms with Crippen LogP contribution < -0.4 is 15.4 Å². The summed E-state index contributed by atoms with van der Waals surface area (Å²) in [7, 11) is 0. The number of hydrogen-bond acceptors (Lipinski definition) is 8. The largest absolute Gasteiger partial charge is 0.507 e. The Bertz CT molecular complexity index is 1840. The molecule has 11 heteroatoms. The number of nitrogens with one attached hydrogen (secondary N) is 2. The number of alkyl carbamates (subject to hydrolysis) is 1. The molecule has 2 amide bonds. The minimum absolute atomic E-state index is 0.0128. The molecule has 0 fully saturated rings. The smallest absolute Gasteiger partial charge is 0.408 e. The number of amides is 2. The highest BCUT2D eigenvalue weighted by Crippen LogP contribution is 2.34. The maximum Gasteiger partial charge on any atom is 0.408 e. The zero-order valence-corrected chi connectivity index (χ0v) is 30.6. The Morgan fingerprint density at radius 1 is 1.04 bits per heavy atom. The van der Waals surface area contributed by atoms with Crippen molar-refractivity contribution in [3.8, 4) is 17.6 Å². The molecule has 1 aromatic heterocycles. The summed E-state index contributed by atoms with van der Waals surface area (Å²) in [4.78, 5) is 31.4. The van der Waals surface area contributed by atoms with Gasteiger partial charge in [0.05, 0.1) is 3.57 Å². The summed E-state index contributed by atoms with van der Waals surface area (Å²) in [5.41, 5.74) is 2.02. The van der Waals surface area contributed by atoms with Gasteiger partial charge in [-0.2, -0.15) is 5.26 Å². The van der Waals surface area contributed by atoms with Gasteiger partial charge in [-0.15, -0.1) is 0 Å². The van der Waals surface area contributed by atoms with Crippen molar-refractivity contribution in [3.63, 3.8) is 0 Å². The van der Waals surface area contributed by atoms with E-state index in [-0.39, 0.29) is 35.4 Å². The molecule has 0 radical (unpaired) electrons. The third-order valence-electron chi connectivity index (χ3n) is 7.39. The summed E-state index contributed by atoms with van der Waals surface area (Å²) in [6, 6.07) is 22.5. The highest BCUT2D eigenvalue weighted by Gasteiger charge is 2.32. The lowest BCUT2D eigenvalue weighted by Gasteiger charge is -2.26. The van der Waals surface area contributed by atoms with Gasteiger partial charge >= 0.3 is 6.09 Å². The molecule has 1 heterocycles. The Kier molecular flexibility index (Phi) is 12.5. The van der Waals surface area contributed by atoms with Gasteiger partial charge in [0.2, 0.25) is 11.8 Å². The SMILES string of the molecule is C/C=C(\c1ccccc1O)c1oc([C@@H](NC(=O)[C@H](Cc2ccc(OCc3ccccc3)c(I)c2)NC(=O)OC(C)(C)C)C(C)C)nc1C#N. The first-order chi connectivity index (χ1) is 23.3. The Labute approximate surface area is 300 Å². The number of ether oxygens (including phenoxy) is 2. The fraction of sp³-hybridized carbons (Fsp3) is 0.316. The summed E-state index contributed by atoms with van der Waals surface area (Å²) in [5, 5.41) is 26.2. The van der Waals surface area contributed by atoms with Crippen LogP contribution in [0, 0.1) is 20.8 Å². The van der Waals surface area contributed by atoms with Crippen molar-refractivity contribution in [1.29, 1.82) is 5.26 Å². The first-order valence-electron chi connectivity index (χ1n) is 15.9. The Hall–Kier alpha value is -4.83. The average molecular weight is 777 g/mol. The first kappa shape index (κ1) is 37.0. The zero-order valence-electron chi connectivity index (χ0n) is 28.4. The van der Waals surface area contributed by atoms with E-state index in [2.05, 4.69) is 44.3 Å². The number of carbonyl (C=O) groups excluding carboxylic acids is 2. The quantitative estimate of drug-likeness (QED) is 0.123. The second kappa shape index (κ2) is 16.5. The van der Waals surface area contributed by atoms with Gasteiger partial charge in [0.15, 0.2) is 11.5 Å². The minimum atomic E-state index is -1.03. The minimum Gasteiger partial charge on any atom is -0.507 e. The summed E-state index contributed by atoms with van der Waals surface area (Å²) in [6.45, 7) is 11.2. The fourth-order valence-corrected chi connectivity index (χ4v) is 5.76. The van der Waals surface area contributed by atoms with Crippen LogP contribution >= 0.6 is 22.6 Å². The molecule has 3 N–H and O–H groups in total. The molecule has 0 saturated carbocycles. The Morgan fingerprint density at radius 2 is 1.73 bits per heavy atom. The lowest BCUT2D eigenvalue weighted by atomic mass is 10.0.